The van der Waals surface area contributed by atoms with E-state index in [9.17, 15) is 4.79 Å². The SMILES string of the molecule is Cc1ccc(C(C)(C)CNCC(N)C(=O)O)cc1C. The molecule has 106 valence electrons. The molecule has 1 rings (SSSR count). The molecule has 0 radical (unpaired) electrons. The number of nitrogens with one attached hydrogen (secondary N) is 1. The molecule has 4 nitrogen and oxygen atoms in total. The largest absolute Gasteiger partial charge is 0.480 e. The number of hydrogen-bond acceptors (Lipinski definition) is 3. The van der Waals surface area contributed by atoms with Crippen molar-refractivity contribution in [1.29, 1.82) is 0 Å². The lowest BCUT2D eigenvalue weighted by Crippen LogP contribution is -2.44. The Morgan fingerprint density at radius 1 is 1.37 bits per heavy atom. The highest BCUT2D eigenvalue weighted by Gasteiger charge is 2.21. The van der Waals surface area contributed by atoms with Crippen molar-refractivity contribution in [1.82, 2.24) is 5.32 Å². The number of hydrogen-bond donors (Lipinski definition) is 3. The molecule has 19 heavy (non-hydrogen) atoms. The predicted octanol–water partition coefficient (Wildman–Crippen LogP) is 1.58. The second-order valence-electron chi connectivity index (χ2n) is 5.76. The summed E-state index contributed by atoms with van der Waals surface area (Å²) in [5.74, 6) is -0.975. The van der Waals surface area contributed by atoms with Gasteiger partial charge in [0, 0.05) is 18.5 Å². The molecule has 0 amide bonds. The maximum Gasteiger partial charge on any atom is 0.321 e. The second-order valence-corrected chi connectivity index (χ2v) is 5.76. The minimum absolute atomic E-state index is 0.0588. The number of carboxylic acid groups (broad SMARTS) is 1. The Labute approximate surface area is 115 Å². The number of nitrogens with two attached hydrogens (primary N) is 1. The topological polar surface area (TPSA) is 75.3 Å². The van der Waals surface area contributed by atoms with Gasteiger partial charge in [-0.2, -0.15) is 0 Å². The third-order valence-corrected chi connectivity index (χ3v) is 3.54. The fraction of sp³-hybridized carbons (Fsp3) is 0.533. The van der Waals surface area contributed by atoms with E-state index in [0.29, 0.717) is 6.54 Å². The van der Waals surface area contributed by atoms with E-state index in [-0.39, 0.29) is 12.0 Å². The zero-order chi connectivity index (χ0) is 14.6. The van der Waals surface area contributed by atoms with Crippen LogP contribution in [-0.2, 0) is 10.2 Å². The molecule has 0 fully saturated rings. The van der Waals surface area contributed by atoms with Crippen LogP contribution in [0.4, 0.5) is 0 Å². The van der Waals surface area contributed by atoms with Crippen molar-refractivity contribution in [2.45, 2.75) is 39.2 Å². The third-order valence-electron chi connectivity index (χ3n) is 3.54. The van der Waals surface area contributed by atoms with E-state index in [2.05, 4.69) is 51.2 Å². The van der Waals surface area contributed by atoms with Gasteiger partial charge in [-0.1, -0.05) is 32.0 Å². The zero-order valence-corrected chi connectivity index (χ0v) is 12.2. The minimum atomic E-state index is -0.975. The van der Waals surface area contributed by atoms with Gasteiger partial charge in [-0.3, -0.25) is 4.79 Å². The Balaban J connectivity index is 2.65. The van der Waals surface area contributed by atoms with Crippen LogP contribution in [0.5, 0.6) is 0 Å². The number of carbonyl (C=O) groups is 1. The Bertz CT molecular complexity index is 455. The highest BCUT2D eigenvalue weighted by atomic mass is 16.4. The first-order valence-electron chi connectivity index (χ1n) is 6.51. The molecule has 0 aliphatic rings. The normalized spacial score (nSPS) is 13.3. The standard InChI is InChI=1S/C15H24N2O2/c1-10-5-6-12(7-11(10)2)15(3,4)9-17-8-13(16)14(18)19/h5-7,13,17H,8-9,16H2,1-4H3,(H,18,19). The summed E-state index contributed by atoms with van der Waals surface area (Å²) in [4.78, 5) is 10.6. The fourth-order valence-corrected chi connectivity index (χ4v) is 1.89. The van der Waals surface area contributed by atoms with Crippen molar-refractivity contribution in [3.8, 4) is 0 Å². The van der Waals surface area contributed by atoms with Gasteiger partial charge in [0.2, 0.25) is 0 Å². The molecular weight excluding hydrogens is 240 g/mol. The summed E-state index contributed by atoms with van der Waals surface area (Å²) < 4.78 is 0. The van der Waals surface area contributed by atoms with Crippen LogP contribution in [0, 0.1) is 13.8 Å². The van der Waals surface area contributed by atoms with Crippen LogP contribution in [0.1, 0.15) is 30.5 Å². The lowest BCUT2D eigenvalue weighted by Gasteiger charge is -2.27. The van der Waals surface area contributed by atoms with Crippen molar-refractivity contribution in [2.75, 3.05) is 13.1 Å². The van der Waals surface area contributed by atoms with Crippen LogP contribution in [0.3, 0.4) is 0 Å². The first kappa shape index (κ1) is 15.7. The first-order valence-corrected chi connectivity index (χ1v) is 6.51. The van der Waals surface area contributed by atoms with Gasteiger partial charge in [-0.05, 0) is 30.5 Å². The Hall–Kier alpha value is -1.39. The van der Waals surface area contributed by atoms with Crippen LogP contribution in [0.15, 0.2) is 18.2 Å². The lowest BCUT2D eigenvalue weighted by molar-refractivity contribution is -0.138. The number of aliphatic carboxylic acids is 1. The summed E-state index contributed by atoms with van der Waals surface area (Å²) >= 11 is 0. The first-order chi connectivity index (χ1) is 8.74. The van der Waals surface area contributed by atoms with Gasteiger partial charge < -0.3 is 16.2 Å². The molecule has 0 heterocycles. The second kappa shape index (κ2) is 6.17. The number of rotatable bonds is 6. The van der Waals surface area contributed by atoms with Gasteiger partial charge in [0.15, 0.2) is 0 Å². The van der Waals surface area contributed by atoms with Crippen LogP contribution in [-0.4, -0.2) is 30.2 Å². The van der Waals surface area contributed by atoms with Crippen LogP contribution >= 0.6 is 0 Å². The van der Waals surface area contributed by atoms with Crippen LogP contribution < -0.4 is 11.1 Å². The smallest absolute Gasteiger partial charge is 0.321 e. The Morgan fingerprint density at radius 2 is 2.00 bits per heavy atom. The summed E-state index contributed by atoms with van der Waals surface area (Å²) in [6.45, 7) is 9.44. The van der Waals surface area contributed by atoms with E-state index in [4.69, 9.17) is 10.8 Å². The van der Waals surface area contributed by atoms with Gasteiger partial charge in [0.25, 0.3) is 0 Å². The summed E-state index contributed by atoms with van der Waals surface area (Å²) in [6.07, 6.45) is 0. The molecular formula is C15H24N2O2. The Morgan fingerprint density at radius 3 is 2.53 bits per heavy atom. The number of benzene rings is 1. The Kier molecular flexibility index (Phi) is 5.09. The molecule has 0 aromatic heterocycles. The van der Waals surface area contributed by atoms with Crippen LogP contribution in [0.2, 0.25) is 0 Å². The quantitative estimate of drug-likeness (QED) is 0.729. The molecule has 1 aromatic rings. The molecule has 0 aliphatic heterocycles. The van der Waals surface area contributed by atoms with Gasteiger partial charge in [-0.25, -0.2) is 0 Å². The van der Waals surface area contributed by atoms with Gasteiger partial charge in [-0.15, -0.1) is 0 Å². The lowest BCUT2D eigenvalue weighted by atomic mass is 9.83. The third kappa shape index (κ3) is 4.33. The van der Waals surface area contributed by atoms with E-state index in [1.54, 1.807) is 0 Å². The summed E-state index contributed by atoms with van der Waals surface area (Å²) in [5, 5.41) is 11.9. The average molecular weight is 264 g/mol. The number of aryl methyl sites for hydroxylation is 2. The summed E-state index contributed by atoms with van der Waals surface area (Å²) in [6, 6.07) is 5.58. The van der Waals surface area contributed by atoms with Crippen LogP contribution in [0.25, 0.3) is 0 Å². The molecule has 0 aliphatic carbocycles. The fourth-order valence-electron chi connectivity index (χ4n) is 1.89. The van der Waals surface area contributed by atoms with Gasteiger partial charge in [0.05, 0.1) is 0 Å². The number of carboxylic acids is 1. The van der Waals surface area contributed by atoms with E-state index < -0.39 is 12.0 Å². The molecule has 1 unspecified atom stereocenters. The maximum absolute atomic E-state index is 10.6. The molecule has 0 bridgehead atoms. The van der Waals surface area contributed by atoms with Gasteiger partial charge in [0.1, 0.15) is 6.04 Å². The van der Waals surface area contributed by atoms with E-state index in [1.165, 1.54) is 16.7 Å². The van der Waals surface area contributed by atoms with E-state index in [1.807, 2.05) is 0 Å². The van der Waals surface area contributed by atoms with Crippen molar-refractivity contribution in [3.63, 3.8) is 0 Å². The van der Waals surface area contributed by atoms with Crippen molar-refractivity contribution >= 4 is 5.97 Å². The molecule has 4 N–H and O–H groups in total. The van der Waals surface area contributed by atoms with E-state index in [0.717, 1.165) is 0 Å². The molecule has 1 atom stereocenters. The summed E-state index contributed by atoms with van der Waals surface area (Å²) in [7, 11) is 0. The van der Waals surface area contributed by atoms with Crippen molar-refractivity contribution in [3.05, 3.63) is 34.9 Å². The van der Waals surface area contributed by atoms with Gasteiger partial charge >= 0.3 is 5.97 Å². The minimum Gasteiger partial charge on any atom is -0.480 e. The monoisotopic (exact) mass is 264 g/mol. The maximum atomic E-state index is 10.6. The predicted molar refractivity (Wildman–Crippen MR) is 77.4 cm³/mol. The van der Waals surface area contributed by atoms with Crippen molar-refractivity contribution < 1.29 is 9.90 Å². The zero-order valence-electron chi connectivity index (χ0n) is 12.2. The molecule has 0 saturated carbocycles. The molecule has 0 saturated heterocycles. The molecule has 4 heteroatoms. The molecule has 0 spiro atoms. The van der Waals surface area contributed by atoms with Crippen molar-refractivity contribution in [2.24, 2.45) is 5.73 Å². The highest BCUT2D eigenvalue weighted by Crippen LogP contribution is 2.24. The summed E-state index contributed by atoms with van der Waals surface area (Å²) in [5.41, 5.74) is 9.20. The molecule has 1 aromatic carbocycles. The highest BCUT2D eigenvalue weighted by molar-refractivity contribution is 5.73. The van der Waals surface area contributed by atoms with E-state index >= 15 is 0 Å². The average Bonchev–Trinajstić information content (AvgIpc) is 2.32.